The molecule has 3 N–H and O–H groups in total. The number of amides is 1. The highest BCUT2D eigenvalue weighted by Crippen LogP contribution is 2.31. The van der Waals surface area contributed by atoms with Crippen LogP contribution in [0.5, 0.6) is 0 Å². The van der Waals surface area contributed by atoms with Crippen LogP contribution in [0.3, 0.4) is 0 Å². The second-order valence-electron chi connectivity index (χ2n) is 4.03. The van der Waals surface area contributed by atoms with Crippen LogP contribution in [0.15, 0.2) is 0 Å². The molecule has 0 radical (unpaired) electrons. The van der Waals surface area contributed by atoms with Crippen LogP contribution in [0, 0.1) is 5.92 Å². The highest BCUT2D eigenvalue weighted by atomic mass is 16.4. The molecule has 2 rings (SSSR count). The molecule has 0 unspecified atom stereocenters. The Hall–Kier alpha value is -1.10. The van der Waals surface area contributed by atoms with Crippen molar-refractivity contribution in [3.8, 4) is 0 Å². The van der Waals surface area contributed by atoms with Gasteiger partial charge in [-0.3, -0.25) is 9.59 Å². The maximum absolute atomic E-state index is 11.6. The van der Waals surface area contributed by atoms with Crippen LogP contribution in [0.2, 0.25) is 0 Å². The monoisotopic (exact) mass is 198 g/mol. The van der Waals surface area contributed by atoms with Gasteiger partial charge in [-0.1, -0.05) is 0 Å². The van der Waals surface area contributed by atoms with Crippen molar-refractivity contribution in [2.75, 3.05) is 6.54 Å². The van der Waals surface area contributed by atoms with Crippen LogP contribution in [-0.4, -0.2) is 40.5 Å². The number of hydrogen-bond donors (Lipinski definition) is 2. The van der Waals surface area contributed by atoms with Gasteiger partial charge in [0.15, 0.2) is 0 Å². The molecule has 2 heterocycles. The minimum absolute atomic E-state index is 0.0441. The Balaban J connectivity index is 2.18. The fourth-order valence-electron chi connectivity index (χ4n) is 2.41. The Kier molecular flexibility index (Phi) is 2.19. The molecular formula is C9H14N2O3. The van der Waals surface area contributed by atoms with Crippen LogP contribution in [0.1, 0.15) is 19.3 Å². The van der Waals surface area contributed by atoms with Crippen LogP contribution < -0.4 is 5.73 Å². The van der Waals surface area contributed by atoms with E-state index in [-0.39, 0.29) is 18.0 Å². The summed E-state index contributed by atoms with van der Waals surface area (Å²) < 4.78 is 0. The number of fused-ring (bicyclic) bond motifs is 1. The molecule has 2 aliphatic rings. The first-order valence-corrected chi connectivity index (χ1v) is 4.90. The molecule has 0 aromatic heterocycles. The average Bonchev–Trinajstić information content (AvgIpc) is 2.46. The van der Waals surface area contributed by atoms with Gasteiger partial charge in [-0.25, -0.2) is 0 Å². The standard InChI is InChI=1S/C9H14N2O3/c10-6-2-1-3-11-7(6)4-5(8(11)12)9(13)14/h5-7H,1-4,10H2,(H,13,14)/t5-,6+,7-/m1/s1. The van der Waals surface area contributed by atoms with Gasteiger partial charge >= 0.3 is 5.97 Å². The lowest BCUT2D eigenvalue weighted by atomic mass is 9.95. The third-order valence-corrected chi connectivity index (χ3v) is 3.19. The predicted molar refractivity (Wildman–Crippen MR) is 48.5 cm³/mol. The van der Waals surface area contributed by atoms with Crippen LogP contribution in [-0.2, 0) is 9.59 Å². The number of nitrogens with zero attached hydrogens (tertiary/aromatic N) is 1. The van der Waals surface area contributed by atoms with Crippen molar-refractivity contribution >= 4 is 11.9 Å². The van der Waals surface area contributed by atoms with Gasteiger partial charge < -0.3 is 15.7 Å². The molecule has 0 aliphatic carbocycles. The molecule has 78 valence electrons. The lowest BCUT2D eigenvalue weighted by Gasteiger charge is -2.34. The molecule has 0 bridgehead atoms. The highest BCUT2D eigenvalue weighted by Gasteiger charge is 2.46. The number of rotatable bonds is 1. The highest BCUT2D eigenvalue weighted by molar-refractivity contribution is 5.98. The Bertz CT molecular complexity index is 279. The minimum atomic E-state index is -1.02. The molecule has 1 amide bonds. The van der Waals surface area contributed by atoms with Gasteiger partial charge in [-0.05, 0) is 19.3 Å². The van der Waals surface area contributed by atoms with E-state index >= 15 is 0 Å². The summed E-state index contributed by atoms with van der Waals surface area (Å²) in [5.41, 5.74) is 5.86. The van der Waals surface area contributed by atoms with E-state index in [9.17, 15) is 9.59 Å². The zero-order chi connectivity index (χ0) is 10.3. The zero-order valence-electron chi connectivity index (χ0n) is 7.85. The third-order valence-electron chi connectivity index (χ3n) is 3.19. The van der Waals surface area contributed by atoms with Gasteiger partial charge in [0.05, 0.1) is 0 Å². The van der Waals surface area contributed by atoms with Gasteiger partial charge in [0.2, 0.25) is 5.91 Å². The Morgan fingerprint density at radius 2 is 2.29 bits per heavy atom. The van der Waals surface area contributed by atoms with Gasteiger partial charge in [-0.15, -0.1) is 0 Å². The molecular weight excluding hydrogens is 184 g/mol. The molecule has 2 fully saturated rings. The van der Waals surface area contributed by atoms with Gasteiger partial charge in [0, 0.05) is 18.6 Å². The second-order valence-corrected chi connectivity index (χ2v) is 4.03. The first kappa shape index (κ1) is 9.45. The Labute approximate surface area is 81.9 Å². The summed E-state index contributed by atoms with van der Waals surface area (Å²) in [5, 5.41) is 8.83. The van der Waals surface area contributed by atoms with E-state index in [0.29, 0.717) is 13.0 Å². The molecule has 0 aromatic carbocycles. The van der Waals surface area contributed by atoms with Gasteiger partial charge in [0.25, 0.3) is 0 Å². The molecule has 2 aliphatic heterocycles. The van der Waals surface area contributed by atoms with E-state index in [0.717, 1.165) is 12.8 Å². The van der Waals surface area contributed by atoms with Crippen LogP contribution in [0.4, 0.5) is 0 Å². The largest absolute Gasteiger partial charge is 0.481 e. The molecule has 2 saturated heterocycles. The number of carbonyl (C=O) groups is 2. The number of carbonyl (C=O) groups excluding carboxylic acids is 1. The smallest absolute Gasteiger partial charge is 0.316 e. The lowest BCUT2D eigenvalue weighted by Crippen LogP contribution is -2.49. The van der Waals surface area contributed by atoms with Crippen molar-refractivity contribution in [2.24, 2.45) is 11.7 Å². The molecule has 0 saturated carbocycles. The number of piperidine rings is 1. The van der Waals surface area contributed by atoms with Gasteiger partial charge in [-0.2, -0.15) is 0 Å². The van der Waals surface area contributed by atoms with E-state index in [4.69, 9.17) is 10.8 Å². The summed E-state index contributed by atoms with van der Waals surface area (Å²) in [6.45, 7) is 0.668. The lowest BCUT2D eigenvalue weighted by molar-refractivity contribution is -0.147. The molecule has 3 atom stereocenters. The Morgan fingerprint density at radius 1 is 1.57 bits per heavy atom. The van der Waals surface area contributed by atoms with Gasteiger partial charge in [0.1, 0.15) is 5.92 Å². The maximum atomic E-state index is 11.6. The van der Waals surface area contributed by atoms with E-state index < -0.39 is 11.9 Å². The quantitative estimate of drug-likeness (QED) is 0.551. The van der Waals surface area contributed by atoms with Crippen molar-refractivity contribution in [1.29, 1.82) is 0 Å². The summed E-state index contributed by atoms with van der Waals surface area (Å²) in [6, 6.07) is -0.0885. The normalized spacial score (nSPS) is 37.1. The number of nitrogens with two attached hydrogens (primary N) is 1. The minimum Gasteiger partial charge on any atom is -0.481 e. The number of aliphatic carboxylic acids is 1. The maximum Gasteiger partial charge on any atom is 0.316 e. The number of hydrogen-bond acceptors (Lipinski definition) is 3. The predicted octanol–water partition coefficient (Wildman–Crippen LogP) is -0.591. The average molecular weight is 198 g/mol. The third kappa shape index (κ3) is 1.28. The van der Waals surface area contributed by atoms with Crippen molar-refractivity contribution in [3.63, 3.8) is 0 Å². The first-order chi connectivity index (χ1) is 6.61. The van der Waals surface area contributed by atoms with Crippen LogP contribution in [0.25, 0.3) is 0 Å². The van der Waals surface area contributed by atoms with Crippen molar-refractivity contribution in [1.82, 2.24) is 4.90 Å². The van der Waals surface area contributed by atoms with E-state index in [2.05, 4.69) is 0 Å². The zero-order valence-corrected chi connectivity index (χ0v) is 7.85. The molecule has 14 heavy (non-hydrogen) atoms. The summed E-state index contributed by atoms with van der Waals surface area (Å²) >= 11 is 0. The number of carboxylic acids is 1. The SMILES string of the molecule is N[C@H]1CCCN2C(=O)[C@H](C(=O)O)C[C@H]12. The van der Waals surface area contributed by atoms with Crippen LogP contribution >= 0.6 is 0 Å². The molecule has 0 spiro atoms. The van der Waals surface area contributed by atoms with E-state index in [1.807, 2.05) is 0 Å². The van der Waals surface area contributed by atoms with E-state index in [1.54, 1.807) is 4.90 Å². The number of carboxylic acid groups (broad SMARTS) is 1. The summed E-state index contributed by atoms with van der Waals surface area (Å²) in [6.07, 6.45) is 2.16. The summed E-state index contributed by atoms with van der Waals surface area (Å²) in [4.78, 5) is 24.0. The van der Waals surface area contributed by atoms with Crippen molar-refractivity contribution in [2.45, 2.75) is 31.3 Å². The summed E-state index contributed by atoms with van der Waals surface area (Å²) in [7, 11) is 0. The van der Waals surface area contributed by atoms with Crippen molar-refractivity contribution in [3.05, 3.63) is 0 Å². The molecule has 5 heteroatoms. The topological polar surface area (TPSA) is 83.6 Å². The Morgan fingerprint density at radius 3 is 2.86 bits per heavy atom. The summed E-state index contributed by atoms with van der Waals surface area (Å²) in [5.74, 6) is -2.13. The molecule has 5 nitrogen and oxygen atoms in total. The second kappa shape index (κ2) is 3.24. The van der Waals surface area contributed by atoms with E-state index in [1.165, 1.54) is 0 Å². The fourth-order valence-corrected chi connectivity index (χ4v) is 2.41. The van der Waals surface area contributed by atoms with Crippen molar-refractivity contribution < 1.29 is 14.7 Å². The fraction of sp³-hybridized carbons (Fsp3) is 0.778. The molecule has 0 aromatic rings. The first-order valence-electron chi connectivity index (χ1n) is 4.90.